The largest absolute Gasteiger partial charge is 0.370 e. The fourth-order valence-electron chi connectivity index (χ4n) is 4.72. The SMILES string of the molecule is Cl.N=C(N)N1CCC[C@@H](Cn2c(NS(=O)(=O)c3ccccc3I)c(CCC(N)=O)c3ccccc32)C1. The van der Waals surface area contributed by atoms with E-state index in [0.717, 1.165) is 35.9 Å². The van der Waals surface area contributed by atoms with Crippen molar-refractivity contribution in [3.63, 3.8) is 0 Å². The van der Waals surface area contributed by atoms with Gasteiger partial charge in [-0.3, -0.25) is 14.9 Å². The molecule has 3 aromatic rings. The standard InChI is InChI=1S/C24H29IN6O3S.ClH/c25-19-8-2-4-10-21(19)35(33,34)29-23-18(11-12-22(26)32)17-7-1-3-9-20(17)31(23)15-16-6-5-13-30(14-16)24(27)28;/h1-4,7-10,16,29H,5-6,11-15H2,(H2,26,32)(H3,27,28);1H/t16-;/m1./s1. The fourth-order valence-corrected chi connectivity index (χ4v) is 7.16. The molecule has 4 rings (SSSR count). The third kappa shape index (κ3) is 6.06. The average Bonchev–Trinajstić information content (AvgIpc) is 3.09. The summed E-state index contributed by atoms with van der Waals surface area (Å²) in [7, 11) is -3.90. The summed E-state index contributed by atoms with van der Waals surface area (Å²) in [5.41, 5.74) is 12.8. The van der Waals surface area contributed by atoms with Gasteiger partial charge >= 0.3 is 0 Å². The van der Waals surface area contributed by atoms with Crippen molar-refractivity contribution >= 4 is 73.6 Å². The first kappa shape index (κ1) is 28.1. The zero-order valence-corrected chi connectivity index (χ0v) is 23.4. The third-order valence-electron chi connectivity index (χ3n) is 6.35. The molecule has 2 aromatic carbocycles. The lowest BCUT2D eigenvalue weighted by atomic mass is 9.98. The number of carbonyl (C=O) groups is 1. The Morgan fingerprint density at radius 1 is 1.14 bits per heavy atom. The molecule has 1 saturated heterocycles. The number of anilines is 1. The summed E-state index contributed by atoms with van der Waals surface area (Å²) in [4.78, 5) is 13.7. The highest BCUT2D eigenvalue weighted by molar-refractivity contribution is 14.1. The molecule has 0 spiro atoms. The average molecular weight is 645 g/mol. The van der Waals surface area contributed by atoms with Crippen LogP contribution in [0.2, 0.25) is 0 Å². The zero-order chi connectivity index (χ0) is 25.2. The lowest BCUT2D eigenvalue weighted by molar-refractivity contribution is -0.117. The summed E-state index contributed by atoms with van der Waals surface area (Å²) in [6.45, 7) is 1.92. The number of rotatable bonds is 8. The molecule has 2 heterocycles. The molecule has 12 heteroatoms. The van der Waals surface area contributed by atoms with E-state index < -0.39 is 15.9 Å². The van der Waals surface area contributed by atoms with E-state index in [-0.39, 0.29) is 35.6 Å². The van der Waals surface area contributed by atoms with Crippen LogP contribution in [0.25, 0.3) is 10.9 Å². The van der Waals surface area contributed by atoms with Crippen molar-refractivity contribution in [1.29, 1.82) is 5.41 Å². The highest BCUT2D eigenvalue weighted by Gasteiger charge is 2.27. The number of benzene rings is 2. The number of sulfonamides is 1. The van der Waals surface area contributed by atoms with Crippen LogP contribution in [0.3, 0.4) is 0 Å². The molecule has 1 fully saturated rings. The number of nitrogens with one attached hydrogen (secondary N) is 2. The van der Waals surface area contributed by atoms with E-state index in [1.54, 1.807) is 24.3 Å². The first-order valence-corrected chi connectivity index (χ1v) is 14.0. The maximum Gasteiger partial charge on any atom is 0.264 e. The number of para-hydroxylation sites is 1. The number of likely N-dealkylation sites (tertiary alicyclic amines) is 1. The van der Waals surface area contributed by atoms with Gasteiger partial charge < -0.3 is 20.9 Å². The monoisotopic (exact) mass is 644 g/mol. The molecule has 194 valence electrons. The molecule has 1 aliphatic rings. The Balaban J connectivity index is 0.00000361. The summed E-state index contributed by atoms with van der Waals surface area (Å²) in [5, 5.41) is 8.71. The smallest absolute Gasteiger partial charge is 0.264 e. The van der Waals surface area contributed by atoms with Gasteiger partial charge in [0.25, 0.3) is 10.0 Å². The molecule has 0 radical (unpaired) electrons. The number of primary amides is 1. The number of nitrogens with two attached hydrogens (primary N) is 2. The van der Waals surface area contributed by atoms with Crippen LogP contribution in [-0.4, -0.2) is 42.8 Å². The van der Waals surface area contributed by atoms with Crippen LogP contribution in [0.15, 0.2) is 53.4 Å². The number of hydrogen-bond acceptors (Lipinski definition) is 4. The minimum Gasteiger partial charge on any atom is -0.370 e. The lowest BCUT2D eigenvalue weighted by Gasteiger charge is -2.33. The van der Waals surface area contributed by atoms with E-state index in [9.17, 15) is 13.2 Å². The van der Waals surface area contributed by atoms with Crippen molar-refractivity contribution < 1.29 is 13.2 Å². The van der Waals surface area contributed by atoms with Crippen LogP contribution in [0.5, 0.6) is 0 Å². The molecule has 0 saturated carbocycles. The van der Waals surface area contributed by atoms with Crippen molar-refractivity contribution in [3.8, 4) is 0 Å². The number of aromatic nitrogens is 1. The molecule has 0 aliphatic carbocycles. The number of halogens is 2. The molecule has 6 N–H and O–H groups in total. The van der Waals surface area contributed by atoms with Gasteiger partial charge in [0.2, 0.25) is 5.91 Å². The predicted molar refractivity (Wildman–Crippen MR) is 153 cm³/mol. The zero-order valence-electron chi connectivity index (χ0n) is 19.6. The van der Waals surface area contributed by atoms with E-state index in [1.165, 1.54) is 0 Å². The van der Waals surface area contributed by atoms with Gasteiger partial charge in [0.1, 0.15) is 10.7 Å². The normalized spacial score (nSPS) is 15.9. The quantitative estimate of drug-likeness (QED) is 0.168. The summed E-state index contributed by atoms with van der Waals surface area (Å²) in [6.07, 6.45) is 2.26. The second-order valence-corrected chi connectivity index (χ2v) is 11.6. The van der Waals surface area contributed by atoms with Crippen molar-refractivity contribution in [1.82, 2.24) is 9.47 Å². The summed E-state index contributed by atoms with van der Waals surface area (Å²) in [6, 6.07) is 14.5. The lowest BCUT2D eigenvalue weighted by Crippen LogP contribution is -2.44. The van der Waals surface area contributed by atoms with Gasteiger partial charge in [-0.2, -0.15) is 0 Å². The molecule has 1 atom stereocenters. The van der Waals surface area contributed by atoms with Gasteiger partial charge in [0.15, 0.2) is 5.96 Å². The number of fused-ring (bicyclic) bond motifs is 1. The number of amides is 1. The summed E-state index contributed by atoms with van der Waals surface area (Å²) in [5.74, 6) is 0.228. The van der Waals surface area contributed by atoms with Crippen LogP contribution < -0.4 is 16.2 Å². The number of piperidine rings is 1. The Labute approximate surface area is 230 Å². The van der Waals surface area contributed by atoms with Crippen LogP contribution >= 0.6 is 35.0 Å². The number of hydrogen-bond donors (Lipinski definition) is 4. The Bertz CT molecular complexity index is 1380. The van der Waals surface area contributed by atoms with Gasteiger partial charge in [-0.05, 0) is 66.0 Å². The second-order valence-electron chi connectivity index (χ2n) is 8.80. The highest BCUT2D eigenvalue weighted by Crippen LogP contribution is 2.35. The number of aryl methyl sites for hydroxylation is 1. The fraction of sp³-hybridized carbons (Fsp3) is 0.333. The first-order chi connectivity index (χ1) is 16.7. The van der Waals surface area contributed by atoms with Crippen LogP contribution in [0.4, 0.5) is 5.82 Å². The molecule has 0 unspecified atom stereocenters. The molecule has 1 amide bonds. The number of guanidine groups is 1. The maximum absolute atomic E-state index is 13.5. The second kappa shape index (κ2) is 11.7. The maximum atomic E-state index is 13.5. The first-order valence-electron chi connectivity index (χ1n) is 11.4. The molecule has 9 nitrogen and oxygen atoms in total. The molecular weight excluding hydrogens is 615 g/mol. The number of carbonyl (C=O) groups excluding carboxylic acids is 1. The van der Waals surface area contributed by atoms with Gasteiger partial charge in [0, 0.05) is 46.1 Å². The molecular formula is C24H30ClIN6O3S. The summed E-state index contributed by atoms with van der Waals surface area (Å²) >= 11 is 2.01. The van der Waals surface area contributed by atoms with E-state index in [4.69, 9.17) is 16.9 Å². The van der Waals surface area contributed by atoms with Gasteiger partial charge in [0.05, 0.1) is 0 Å². The molecule has 0 bridgehead atoms. The van der Waals surface area contributed by atoms with Crippen molar-refractivity contribution in [3.05, 3.63) is 57.7 Å². The minimum atomic E-state index is -3.90. The van der Waals surface area contributed by atoms with Gasteiger partial charge in [-0.15, -0.1) is 12.4 Å². The Kier molecular flexibility index (Phi) is 9.12. The highest BCUT2D eigenvalue weighted by atomic mass is 127. The van der Waals surface area contributed by atoms with E-state index in [0.29, 0.717) is 28.9 Å². The molecule has 36 heavy (non-hydrogen) atoms. The van der Waals surface area contributed by atoms with Crippen molar-refractivity contribution in [2.24, 2.45) is 17.4 Å². The van der Waals surface area contributed by atoms with E-state index in [2.05, 4.69) is 4.72 Å². The van der Waals surface area contributed by atoms with Crippen LogP contribution in [0, 0.1) is 14.9 Å². The summed E-state index contributed by atoms with van der Waals surface area (Å²) < 4.78 is 32.5. The topological polar surface area (TPSA) is 147 Å². The van der Waals surface area contributed by atoms with Crippen LogP contribution in [0.1, 0.15) is 24.8 Å². The number of nitrogens with zero attached hydrogens (tertiary/aromatic N) is 2. The Morgan fingerprint density at radius 2 is 1.83 bits per heavy atom. The van der Waals surface area contributed by atoms with Gasteiger partial charge in [-0.1, -0.05) is 30.3 Å². The minimum absolute atomic E-state index is 0. The van der Waals surface area contributed by atoms with E-state index >= 15 is 0 Å². The van der Waals surface area contributed by atoms with Crippen molar-refractivity contribution in [2.45, 2.75) is 37.1 Å². The van der Waals surface area contributed by atoms with E-state index in [1.807, 2.05) is 56.3 Å². The van der Waals surface area contributed by atoms with Gasteiger partial charge in [-0.25, -0.2) is 8.42 Å². The Morgan fingerprint density at radius 3 is 2.53 bits per heavy atom. The van der Waals surface area contributed by atoms with Crippen LogP contribution in [-0.2, 0) is 27.8 Å². The predicted octanol–water partition coefficient (Wildman–Crippen LogP) is 3.49. The Hall–Kier alpha value is -2.51. The molecule has 1 aromatic heterocycles. The third-order valence-corrected chi connectivity index (χ3v) is 9.06. The molecule has 1 aliphatic heterocycles. The van der Waals surface area contributed by atoms with Crippen molar-refractivity contribution in [2.75, 3.05) is 17.8 Å².